The van der Waals surface area contributed by atoms with E-state index in [1.54, 1.807) is 7.11 Å². The Labute approximate surface area is 186 Å². The number of piperidine rings is 1. The monoisotopic (exact) mass is 445 g/mol. The van der Waals surface area contributed by atoms with Gasteiger partial charge in [0.25, 0.3) is 0 Å². The standard InChI is InChI=1S/C24H35NO5Si/c1-23(2,3)31(5,6)30-19-11-10-15-17-14-28-22(26)25(17)13-12-24(15)16-8-7-9-18(27-4)20(16)29-21(19)24/h7-9,15,17,19,21H,10-14H2,1-6H3/t15-,17-,19-,21+,24+/m0/s1. The van der Waals surface area contributed by atoms with Gasteiger partial charge in [-0.1, -0.05) is 32.9 Å². The normalized spacial score (nSPS) is 34.3. The molecule has 0 bridgehead atoms. The highest BCUT2D eigenvalue weighted by Gasteiger charge is 2.65. The molecule has 0 radical (unpaired) electrons. The molecule has 3 aliphatic heterocycles. The van der Waals surface area contributed by atoms with Crippen LogP contribution < -0.4 is 9.47 Å². The van der Waals surface area contributed by atoms with Gasteiger partial charge in [-0.3, -0.25) is 0 Å². The Morgan fingerprint density at radius 3 is 2.71 bits per heavy atom. The Balaban J connectivity index is 1.59. The summed E-state index contributed by atoms with van der Waals surface area (Å²) < 4.78 is 24.9. The van der Waals surface area contributed by atoms with Gasteiger partial charge in [0.15, 0.2) is 19.8 Å². The second-order valence-electron chi connectivity index (χ2n) is 11.1. The molecule has 170 valence electrons. The maximum Gasteiger partial charge on any atom is 0.410 e. The average Bonchev–Trinajstić information content (AvgIpc) is 3.25. The summed E-state index contributed by atoms with van der Waals surface area (Å²) in [6.45, 7) is 12.7. The van der Waals surface area contributed by atoms with Crippen molar-refractivity contribution in [3.05, 3.63) is 23.8 Å². The molecule has 5 rings (SSSR count). The number of carbonyl (C=O) groups excluding carboxylic acids is 1. The maximum absolute atomic E-state index is 12.3. The number of methoxy groups -OCH3 is 1. The molecule has 1 aromatic rings. The molecule has 1 spiro atoms. The van der Waals surface area contributed by atoms with Gasteiger partial charge in [-0.05, 0) is 49.4 Å². The topological polar surface area (TPSA) is 57.2 Å². The van der Waals surface area contributed by atoms with Crippen LogP contribution in [0.1, 0.15) is 45.6 Å². The second-order valence-corrected chi connectivity index (χ2v) is 15.9. The van der Waals surface area contributed by atoms with Crippen molar-refractivity contribution in [2.45, 2.75) is 81.8 Å². The first kappa shape index (κ1) is 21.1. The molecule has 4 aliphatic rings. The molecule has 6 nitrogen and oxygen atoms in total. The van der Waals surface area contributed by atoms with Crippen LogP contribution in [0, 0.1) is 5.92 Å². The number of hydrogen-bond acceptors (Lipinski definition) is 5. The molecule has 0 N–H and O–H groups in total. The third-order valence-corrected chi connectivity index (χ3v) is 13.2. The molecule has 1 amide bonds. The first-order valence-electron chi connectivity index (χ1n) is 11.6. The number of hydrogen-bond donors (Lipinski definition) is 0. The molecule has 1 aliphatic carbocycles. The van der Waals surface area contributed by atoms with Gasteiger partial charge in [-0.15, -0.1) is 0 Å². The van der Waals surface area contributed by atoms with Gasteiger partial charge in [0.05, 0.1) is 19.3 Å². The highest BCUT2D eigenvalue weighted by Crippen LogP contribution is 2.61. The van der Waals surface area contributed by atoms with E-state index in [1.807, 2.05) is 11.0 Å². The zero-order valence-electron chi connectivity index (χ0n) is 19.6. The lowest BCUT2D eigenvalue weighted by Crippen LogP contribution is -2.65. The van der Waals surface area contributed by atoms with Crippen LogP contribution in [-0.2, 0) is 14.6 Å². The van der Waals surface area contributed by atoms with E-state index in [1.165, 1.54) is 5.56 Å². The molecule has 31 heavy (non-hydrogen) atoms. The van der Waals surface area contributed by atoms with E-state index in [4.69, 9.17) is 18.6 Å². The van der Waals surface area contributed by atoms with E-state index in [0.29, 0.717) is 19.1 Å². The molecule has 1 aromatic carbocycles. The van der Waals surface area contributed by atoms with Gasteiger partial charge < -0.3 is 23.5 Å². The number of ether oxygens (including phenoxy) is 3. The number of benzene rings is 1. The predicted octanol–water partition coefficient (Wildman–Crippen LogP) is 4.72. The lowest BCUT2D eigenvalue weighted by molar-refractivity contribution is -0.0808. The Hall–Kier alpha value is -1.73. The van der Waals surface area contributed by atoms with Gasteiger partial charge in [-0.2, -0.15) is 0 Å². The Kier molecular flexibility index (Phi) is 4.69. The third kappa shape index (κ3) is 2.88. The molecular formula is C24H35NO5Si. The smallest absolute Gasteiger partial charge is 0.410 e. The summed E-state index contributed by atoms with van der Waals surface area (Å²) in [7, 11) is -0.275. The SMILES string of the molecule is COc1cccc2c1O[C@@H]1[C@@H](O[Si](C)(C)C(C)(C)C)CC[C@H]3[C@@H]4COC(=O)N4CC[C@@]213. The summed E-state index contributed by atoms with van der Waals surface area (Å²) in [5.41, 5.74) is 1.05. The van der Waals surface area contributed by atoms with Crippen LogP contribution in [0.3, 0.4) is 0 Å². The Bertz CT molecular complexity index is 896. The minimum Gasteiger partial charge on any atom is -0.493 e. The van der Waals surface area contributed by atoms with Crippen LogP contribution in [-0.4, -0.2) is 57.8 Å². The molecule has 1 saturated carbocycles. The van der Waals surface area contributed by atoms with Crippen LogP contribution in [0.15, 0.2) is 18.2 Å². The fourth-order valence-corrected chi connectivity index (χ4v) is 7.51. The van der Waals surface area contributed by atoms with Crippen molar-refractivity contribution >= 4 is 14.4 Å². The van der Waals surface area contributed by atoms with Crippen LogP contribution in [0.2, 0.25) is 18.1 Å². The van der Waals surface area contributed by atoms with Gasteiger partial charge in [0, 0.05) is 17.5 Å². The molecule has 7 heteroatoms. The van der Waals surface area contributed by atoms with Crippen molar-refractivity contribution in [1.82, 2.24) is 4.90 Å². The highest BCUT2D eigenvalue weighted by molar-refractivity contribution is 6.74. The number of carbonyl (C=O) groups is 1. The minimum absolute atomic E-state index is 0.0406. The molecule has 0 unspecified atom stereocenters. The first-order chi connectivity index (χ1) is 14.6. The number of para-hydroxylation sites is 1. The van der Waals surface area contributed by atoms with Crippen LogP contribution in [0.25, 0.3) is 0 Å². The molecule has 3 heterocycles. The molecule has 5 atom stereocenters. The van der Waals surface area contributed by atoms with Gasteiger partial charge in [0.1, 0.15) is 12.7 Å². The number of nitrogens with zero attached hydrogens (tertiary/aromatic N) is 1. The van der Waals surface area contributed by atoms with Crippen molar-refractivity contribution in [1.29, 1.82) is 0 Å². The third-order valence-electron chi connectivity index (χ3n) is 8.71. The van der Waals surface area contributed by atoms with Crippen molar-refractivity contribution in [3.63, 3.8) is 0 Å². The van der Waals surface area contributed by atoms with Gasteiger partial charge >= 0.3 is 6.09 Å². The van der Waals surface area contributed by atoms with Crippen LogP contribution in [0.4, 0.5) is 4.79 Å². The van der Waals surface area contributed by atoms with E-state index >= 15 is 0 Å². The molecular weight excluding hydrogens is 410 g/mol. The van der Waals surface area contributed by atoms with E-state index in [9.17, 15) is 4.79 Å². The first-order valence-corrected chi connectivity index (χ1v) is 14.5. The number of rotatable bonds is 3. The lowest BCUT2D eigenvalue weighted by atomic mass is 9.55. The van der Waals surface area contributed by atoms with Crippen molar-refractivity contribution in [2.24, 2.45) is 5.92 Å². The largest absolute Gasteiger partial charge is 0.493 e. The van der Waals surface area contributed by atoms with E-state index in [2.05, 4.69) is 46.0 Å². The summed E-state index contributed by atoms with van der Waals surface area (Å²) >= 11 is 0. The van der Waals surface area contributed by atoms with Crippen LogP contribution in [0.5, 0.6) is 11.5 Å². The van der Waals surface area contributed by atoms with E-state index < -0.39 is 8.32 Å². The second kappa shape index (κ2) is 6.88. The number of amides is 1. The van der Waals surface area contributed by atoms with E-state index in [0.717, 1.165) is 30.8 Å². The summed E-state index contributed by atoms with van der Waals surface area (Å²) in [5, 5.41) is 0.134. The zero-order chi connectivity index (χ0) is 22.2. The van der Waals surface area contributed by atoms with Gasteiger partial charge in [0.2, 0.25) is 0 Å². The Morgan fingerprint density at radius 1 is 1.23 bits per heavy atom. The van der Waals surface area contributed by atoms with Crippen LogP contribution >= 0.6 is 0 Å². The minimum atomic E-state index is -1.98. The van der Waals surface area contributed by atoms with Crippen molar-refractivity contribution < 1.29 is 23.4 Å². The molecule has 3 fully saturated rings. The van der Waals surface area contributed by atoms with Crippen molar-refractivity contribution in [2.75, 3.05) is 20.3 Å². The number of fused-ring (bicyclic) bond motifs is 3. The summed E-state index contributed by atoms with van der Waals surface area (Å²) in [4.78, 5) is 14.3. The molecule has 0 aromatic heterocycles. The fourth-order valence-electron chi connectivity index (χ4n) is 6.16. The van der Waals surface area contributed by atoms with Gasteiger partial charge in [-0.25, -0.2) is 4.79 Å². The highest BCUT2D eigenvalue weighted by atomic mass is 28.4. The summed E-state index contributed by atoms with van der Waals surface area (Å²) in [6, 6.07) is 6.35. The number of cyclic esters (lactones) is 1. The fraction of sp³-hybridized carbons (Fsp3) is 0.708. The Morgan fingerprint density at radius 2 is 2.00 bits per heavy atom. The maximum atomic E-state index is 12.3. The molecule has 2 saturated heterocycles. The summed E-state index contributed by atoms with van der Waals surface area (Å²) in [5.74, 6) is 1.95. The average molecular weight is 446 g/mol. The quantitative estimate of drug-likeness (QED) is 0.630. The zero-order valence-corrected chi connectivity index (χ0v) is 20.6. The summed E-state index contributed by atoms with van der Waals surface area (Å²) in [6.07, 6.45) is 2.63. The van der Waals surface area contributed by atoms with Crippen molar-refractivity contribution in [3.8, 4) is 11.5 Å². The van der Waals surface area contributed by atoms with E-state index in [-0.39, 0.29) is 34.8 Å². The lowest BCUT2D eigenvalue weighted by Gasteiger charge is -2.55. The predicted molar refractivity (Wildman–Crippen MR) is 120 cm³/mol.